The molecule has 3 rings (SSSR count). The smallest absolute Gasteiger partial charge is 0.0708 e. The van der Waals surface area contributed by atoms with Gasteiger partial charge >= 0.3 is 0 Å². The van der Waals surface area contributed by atoms with E-state index in [0.29, 0.717) is 0 Å². The van der Waals surface area contributed by atoms with Gasteiger partial charge in [-0.2, -0.15) is 0 Å². The van der Waals surface area contributed by atoms with Crippen molar-refractivity contribution >= 4 is 10.9 Å². The lowest BCUT2D eigenvalue weighted by Gasteiger charge is -2.22. The average molecular weight is 269 g/mol. The zero-order valence-corrected chi connectivity index (χ0v) is 12.2. The van der Waals surface area contributed by atoms with Crippen LogP contribution in [0.3, 0.4) is 0 Å². The molecule has 3 heteroatoms. The third-order valence-corrected chi connectivity index (χ3v) is 4.02. The van der Waals surface area contributed by atoms with E-state index in [-0.39, 0.29) is 0 Å². The van der Waals surface area contributed by atoms with E-state index in [9.17, 15) is 0 Å². The summed E-state index contributed by atoms with van der Waals surface area (Å²) in [4.78, 5) is 7.22. The molecular formula is C17H23N3. The van der Waals surface area contributed by atoms with Crippen LogP contribution in [-0.4, -0.2) is 29.0 Å². The molecule has 0 saturated heterocycles. The average Bonchev–Trinajstić information content (AvgIpc) is 3.27. The third kappa shape index (κ3) is 3.00. The van der Waals surface area contributed by atoms with E-state index in [1.807, 2.05) is 0 Å². The number of hydrogen-bond donors (Lipinski definition) is 1. The third-order valence-electron chi connectivity index (χ3n) is 4.02. The Morgan fingerprint density at radius 1 is 1.30 bits per heavy atom. The predicted molar refractivity (Wildman–Crippen MR) is 83.6 cm³/mol. The van der Waals surface area contributed by atoms with E-state index in [1.54, 1.807) is 0 Å². The monoisotopic (exact) mass is 269 g/mol. The van der Waals surface area contributed by atoms with Crippen LogP contribution in [0.4, 0.5) is 0 Å². The second-order valence-corrected chi connectivity index (χ2v) is 5.78. The van der Waals surface area contributed by atoms with E-state index < -0.39 is 0 Å². The van der Waals surface area contributed by atoms with Crippen molar-refractivity contribution in [2.45, 2.75) is 38.8 Å². The zero-order valence-electron chi connectivity index (χ0n) is 12.2. The first-order valence-electron chi connectivity index (χ1n) is 7.57. The Bertz CT molecular complexity index is 590. The molecule has 0 radical (unpaired) electrons. The topological polar surface area (TPSA) is 42.1 Å². The minimum absolute atomic E-state index is 0.772. The van der Waals surface area contributed by atoms with E-state index in [0.717, 1.165) is 43.3 Å². The minimum atomic E-state index is 0.772. The van der Waals surface area contributed by atoms with Gasteiger partial charge in [0.05, 0.1) is 5.52 Å². The number of nitrogens with zero attached hydrogens (tertiary/aromatic N) is 2. The van der Waals surface area contributed by atoms with Crippen LogP contribution in [0.15, 0.2) is 30.3 Å². The summed E-state index contributed by atoms with van der Waals surface area (Å²) in [5.74, 6) is 0. The van der Waals surface area contributed by atoms with Gasteiger partial charge in [-0.1, -0.05) is 18.2 Å². The van der Waals surface area contributed by atoms with Crippen LogP contribution in [0.1, 0.15) is 30.5 Å². The molecule has 106 valence electrons. The maximum Gasteiger partial charge on any atom is 0.0708 e. The highest BCUT2D eigenvalue weighted by Gasteiger charge is 2.28. The molecule has 1 aliphatic rings. The number of fused-ring (bicyclic) bond motifs is 1. The molecule has 1 aliphatic carbocycles. The van der Waals surface area contributed by atoms with Crippen molar-refractivity contribution < 1.29 is 0 Å². The molecule has 0 aliphatic heterocycles. The molecule has 1 fully saturated rings. The van der Waals surface area contributed by atoms with Crippen LogP contribution >= 0.6 is 0 Å². The lowest BCUT2D eigenvalue weighted by molar-refractivity contribution is 0.254. The molecule has 0 atom stereocenters. The summed E-state index contributed by atoms with van der Waals surface area (Å²) in [6, 6.07) is 11.5. The maximum atomic E-state index is 5.67. The number of rotatable bonds is 6. The minimum Gasteiger partial charge on any atom is -0.330 e. The Kier molecular flexibility index (Phi) is 3.99. The molecule has 1 heterocycles. The summed E-state index contributed by atoms with van der Waals surface area (Å²) in [5, 5.41) is 1.29. The molecule has 0 bridgehead atoms. The molecule has 1 aromatic carbocycles. The van der Waals surface area contributed by atoms with Gasteiger partial charge in [0.2, 0.25) is 0 Å². The molecular weight excluding hydrogens is 246 g/mol. The quantitative estimate of drug-likeness (QED) is 0.877. The van der Waals surface area contributed by atoms with Crippen LogP contribution in [0, 0.1) is 6.92 Å². The fraction of sp³-hybridized carbons (Fsp3) is 0.471. The molecule has 2 N–H and O–H groups in total. The van der Waals surface area contributed by atoms with Gasteiger partial charge in [0.25, 0.3) is 0 Å². The van der Waals surface area contributed by atoms with Gasteiger partial charge in [0, 0.05) is 23.7 Å². The fourth-order valence-corrected chi connectivity index (χ4v) is 2.87. The number of aromatic nitrogens is 1. The highest BCUT2D eigenvalue weighted by Crippen LogP contribution is 2.30. The Morgan fingerprint density at radius 2 is 2.10 bits per heavy atom. The van der Waals surface area contributed by atoms with E-state index in [4.69, 9.17) is 5.73 Å². The van der Waals surface area contributed by atoms with Gasteiger partial charge in [0.15, 0.2) is 0 Å². The molecule has 0 unspecified atom stereocenters. The lowest BCUT2D eigenvalue weighted by atomic mass is 10.1. The first-order valence-corrected chi connectivity index (χ1v) is 7.57. The molecule has 1 aromatic heterocycles. The second kappa shape index (κ2) is 5.90. The Morgan fingerprint density at radius 3 is 2.85 bits per heavy atom. The van der Waals surface area contributed by atoms with E-state index in [1.165, 1.54) is 23.8 Å². The van der Waals surface area contributed by atoms with E-state index in [2.05, 4.69) is 47.1 Å². The Labute approximate surface area is 120 Å². The maximum absolute atomic E-state index is 5.67. The number of nitrogens with two attached hydrogens (primary N) is 1. The van der Waals surface area contributed by atoms with Crippen molar-refractivity contribution in [2.75, 3.05) is 13.1 Å². The van der Waals surface area contributed by atoms with Crippen LogP contribution in [0.2, 0.25) is 0 Å². The summed E-state index contributed by atoms with van der Waals surface area (Å²) in [6.07, 6.45) is 3.76. The normalized spacial score (nSPS) is 15.2. The highest BCUT2D eigenvalue weighted by atomic mass is 15.2. The summed E-state index contributed by atoms with van der Waals surface area (Å²) in [5.41, 5.74) is 9.28. The van der Waals surface area contributed by atoms with Crippen molar-refractivity contribution in [2.24, 2.45) is 5.73 Å². The van der Waals surface area contributed by atoms with Gasteiger partial charge < -0.3 is 5.73 Å². The van der Waals surface area contributed by atoms with E-state index >= 15 is 0 Å². The molecule has 2 aromatic rings. The summed E-state index contributed by atoms with van der Waals surface area (Å²) in [7, 11) is 0. The molecule has 3 nitrogen and oxygen atoms in total. The first kappa shape index (κ1) is 13.5. The first-order chi connectivity index (χ1) is 9.78. The van der Waals surface area contributed by atoms with Crippen molar-refractivity contribution in [3.05, 3.63) is 41.6 Å². The molecule has 0 amide bonds. The second-order valence-electron chi connectivity index (χ2n) is 5.78. The Hall–Kier alpha value is -1.45. The number of benzene rings is 1. The molecule has 0 spiro atoms. The highest BCUT2D eigenvalue weighted by molar-refractivity contribution is 5.82. The SMILES string of the molecule is Cc1cc(CN(CCCN)C2CC2)c2ccccc2n1. The fourth-order valence-electron chi connectivity index (χ4n) is 2.87. The largest absolute Gasteiger partial charge is 0.330 e. The molecule has 20 heavy (non-hydrogen) atoms. The predicted octanol–water partition coefficient (Wildman–Crippen LogP) is 2.86. The van der Waals surface area contributed by atoms with Crippen LogP contribution in [-0.2, 0) is 6.54 Å². The van der Waals surface area contributed by atoms with Gasteiger partial charge in [-0.3, -0.25) is 9.88 Å². The number of pyridine rings is 1. The number of aryl methyl sites for hydroxylation is 1. The van der Waals surface area contributed by atoms with Crippen LogP contribution in [0.25, 0.3) is 10.9 Å². The Balaban J connectivity index is 1.88. The van der Waals surface area contributed by atoms with Crippen molar-refractivity contribution in [3.63, 3.8) is 0 Å². The number of para-hydroxylation sites is 1. The molecule has 1 saturated carbocycles. The van der Waals surface area contributed by atoms with Crippen molar-refractivity contribution in [1.29, 1.82) is 0 Å². The summed E-state index contributed by atoms with van der Waals surface area (Å²) in [6.45, 7) is 4.99. The van der Waals surface area contributed by atoms with Gasteiger partial charge in [-0.15, -0.1) is 0 Å². The lowest BCUT2D eigenvalue weighted by Crippen LogP contribution is -2.28. The van der Waals surface area contributed by atoms with Gasteiger partial charge in [-0.05, 0) is 57.0 Å². The standard InChI is InChI=1S/C17H23N3/c1-13-11-14(16-5-2-3-6-17(16)19-13)12-20(10-4-9-18)15-7-8-15/h2-3,5-6,11,15H,4,7-10,12,18H2,1H3. The zero-order chi connectivity index (χ0) is 13.9. The van der Waals surface area contributed by atoms with Gasteiger partial charge in [0.1, 0.15) is 0 Å². The number of hydrogen-bond acceptors (Lipinski definition) is 3. The van der Waals surface area contributed by atoms with Crippen LogP contribution in [0.5, 0.6) is 0 Å². The van der Waals surface area contributed by atoms with Gasteiger partial charge in [-0.25, -0.2) is 0 Å². The van der Waals surface area contributed by atoms with Crippen LogP contribution < -0.4 is 5.73 Å². The summed E-state index contributed by atoms with van der Waals surface area (Å²) >= 11 is 0. The van der Waals surface area contributed by atoms with Crippen molar-refractivity contribution in [3.8, 4) is 0 Å². The summed E-state index contributed by atoms with van der Waals surface area (Å²) < 4.78 is 0. The van der Waals surface area contributed by atoms with Crippen molar-refractivity contribution in [1.82, 2.24) is 9.88 Å².